The van der Waals surface area contributed by atoms with Gasteiger partial charge in [-0.15, -0.1) is 22.7 Å². The van der Waals surface area contributed by atoms with Crippen molar-refractivity contribution in [1.29, 1.82) is 0 Å². The van der Waals surface area contributed by atoms with Crippen LogP contribution in [0.1, 0.15) is 0 Å². The molecule has 16 aromatic rings. The third-order valence-corrected chi connectivity index (χ3v) is 18.7. The van der Waals surface area contributed by atoms with E-state index >= 15 is 0 Å². The molecule has 0 radical (unpaired) electrons. The quantitative estimate of drug-likeness (QED) is 0.133. The van der Waals surface area contributed by atoms with E-state index in [0.29, 0.717) is 5.46 Å². The van der Waals surface area contributed by atoms with Crippen molar-refractivity contribution in [2.24, 2.45) is 0 Å². The smallest absolute Gasteiger partial charge is 0.423 e. The van der Waals surface area contributed by atoms with Crippen molar-refractivity contribution in [3.63, 3.8) is 0 Å². The van der Waals surface area contributed by atoms with E-state index in [0.717, 1.165) is 89.0 Å². The maximum absolute atomic E-state index is 9.38. The summed E-state index contributed by atoms with van der Waals surface area (Å²) in [6.07, 6.45) is 0. The Morgan fingerprint density at radius 1 is 0.267 bits per heavy atom. The molecule has 0 bridgehead atoms. The van der Waals surface area contributed by atoms with Gasteiger partial charge in [-0.1, -0.05) is 283 Å². The monoisotopic (exact) mass is 1260 g/mol. The van der Waals surface area contributed by atoms with Gasteiger partial charge < -0.3 is 10.0 Å². The fourth-order valence-corrected chi connectivity index (χ4v) is 14.2. The molecule has 0 atom stereocenters. The predicted octanol–water partition coefficient (Wildman–Crippen LogP) is 20.8. The largest absolute Gasteiger partial charge is 0.488 e. The summed E-state index contributed by atoms with van der Waals surface area (Å²) in [6, 6.07) is 108. The fraction of sp³-hybridized carbons (Fsp3) is 0. The highest BCUT2D eigenvalue weighted by Crippen LogP contribution is 2.42. The van der Waals surface area contributed by atoms with Crippen LogP contribution in [0, 0.1) is 0 Å². The van der Waals surface area contributed by atoms with Crippen molar-refractivity contribution in [2.45, 2.75) is 0 Å². The molecule has 16 rings (SSSR count). The minimum absolute atomic E-state index is 0.510. The fourth-order valence-electron chi connectivity index (χ4n) is 11.3. The number of aromatic nitrogens is 4. The highest BCUT2D eigenvalue weighted by atomic mass is 79.9. The summed E-state index contributed by atoms with van der Waals surface area (Å²) in [5.74, 6) is 1.46. The first-order chi connectivity index (χ1) is 44.3. The summed E-state index contributed by atoms with van der Waals surface area (Å²) >= 11 is 7.18. The maximum atomic E-state index is 9.38. The van der Waals surface area contributed by atoms with Crippen LogP contribution in [-0.4, -0.2) is 37.1 Å². The van der Waals surface area contributed by atoms with E-state index < -0.39 is 7.12 Å². The van der Waals surface area contributed by atoms with Gasteiger partial charge in [-0.25, -0.2) is 19.9 Å². The number of hydrogen-bond acceptors (Lipinski definition) is 8. The number of nitrogens with zero attached hydrogens (tertiary/aromatic N) is 4. The van der Waals surface area contributed by atoms with E-state index in [4.69, 9.17) is 19.9 Å². The zero-order chi connectivity index (χ0) is 60.8. The Hall–Kier alpha value is -10.3. The Labute approximate surface area is 538 Å². The molecular weight excluding hydrogens is 1200 g/mol. The van der Waals surface area contributed by atoms with E-state index in [1.165, 1.54) is 57.0 Å². The van der Waals surface area contributed by atoms with Gasteiger partial charge in [-0.05, 0) is 87.4 Å². The summed E-state index contributed by atoms with van der Waals surface area (Å²) in [4.78, 5) is 19.6. The molecule has 0 aliphatic rings. The molecule has 12 aromatic carbocycles. The lowest BCUT2D eigenvalue weighted by molar-refractivity contribution is 0.426. The number of hydrogen-bond donors (Lipinski definition) is 2. The van der Waals surface area contributed by atoms with Crippen molar-refractivity contribution in [3.8, 4) is 101 Å². The lowest BCUT2D eigenvalue weighted by Gasteiger charge is -2.11. The highest BCUT2D eigenvalue weighted by molar-refractivity contribution is 9.10. The molecule has 90 heavy (non-hydrogen) atoms. The van der Waals surface area contributed by atoms with Gasteiger partial charge in [0, 0.05) is 78.2 Å². The molecule has 4 aromatic heterocycles. The summed E-state index contributed by atoms with van der Waals surface area (Å²) in [5, 5.41) is 23.9. The van der Waals surface area contributed by atoms with E-state index in [1.54, 1.807) is 17.4 Å². The van der Waals surface area contributed by atoms with Gasteiger partial charge in [0.05, 0.1) is 22.8 Å². The molecular formula is C80H54BBrN4O2S2. The Balaban J connectivity index is 0.000000128. The Kier molecular flexibility index (Phi) is 16.7. The molecule has 0 fully saturated rings. The van der Waals surface area contributed by atoms with Crippen LogP contribution in [0.15, 0.2) is 320 Å². The summed E-state index contributed by atoms with van der Waals surface area (Å²) in [5.41, 5.74) is 17.4. The van der Waals surface area contributed by atoms with Crippen LogP contribution in [0.3, 0.4) is 0 Å². The molecule has 428 valence electrons. The van der Waals surface area contributed by atoms with Gasteiger partial charge in [-0.2, -0.15) is 0 Å². The van der Waals surface area contributed by atoms with Crippen LogP contribution in [-0.2, 0) is 0 Å². The minimum atomic E-state index is -1.44. The Morgan fingerprint density at radius 2 is 0.600 bits per heavy atom. The third-order valence-electron chi connectivity index (χ3n) is 15.7. The molecule has 2 N–H and O–H groups in total. The van der Waals surface area contributed by atoms with Gasteiger partial charge in [-0.3, -0.25) is 0 Å². The van der Waals surface area contributed by atoms with Crippen LogP contribution in [0.4, 0.5) is 0 Å². The van der Waals surface area contributed by atoms with Crippen LogP contribution in [0.2, 0.25) is 0 Å². The number of rotatable bonds is 10. The SMILES string of the molecule is Brc1cccc(-c2cc(-c3ccccc3)nc(-c3ccccc3)n2)c1.OB(O)c1cccc(-c2cccc3c2sc2ccccc23)c1.c1ccc(-c2cc(-c3cccc(-c4cccc(-c5cccc6c5sc5ccccc56)c4)c3)nc(-c3ccccc3)n2)cc1. The molecule has 0 saturated carbocycles. The highest BCUT2D eigenvalue weighted by Gasteiger charge is 2.17. The van der Waals surface area contributed by atoms with E-state index in [1.807, 2.05) is 133 Å². The standard InChI is InChI=1S/C40H26N2S.C22H15BrN2.C18H13BO2S/c1-3-12-27(13-4-1)36-26-37(42-40(41-36)28-14-5-2-6-15-28)32-19-10-17-30(25-32)29-16-9-18-31(24-29)33-21-11-22-35-34-20-7-8-23-38(34)43-39(33)35;23-19-13-7-12-18(14-19)21-15-20(16-8-3-1-4-9-16)24-22(25-21)17-10-5-2-6-11-17;20-19(21)13-6-3-5-12(11-13)14-8-4-9-16-15-7-1-2-10-17(15)22-18(14)16/h1-26H;1-15H;1-11,20-21H. The normalized spacial score (nSPS) is 11.1. The second kappa shape index (κ2) is 26.2. The average molecular weight is 1260 g/mol. The number of fused-ring (bicyclic) bond motifs is 6. The van der Waals surface area contributed by atoms with Gasteiger partial charge in [0.15, 0.2) is 11.6 Å². The molecule has 0 amide bonds. The van der Waals surface area contributed by atoms with Crippen LogP contribution < -0.4 is 5.46 Å². The first-order valence-electron chi connectivity index (χ1n) is 29.6. The van der Waals surface area contributed by atoms with Crippen molar-refractivity contribution < 1.29 is 10.0 Å². The van der Waals surface area contributed by atoms with Crippen molar-refractivity contribution in [3.05, 3.63) is 320 Å². The average Bonchev–Trinajstić information content (AvgIpc) is 1.75. The van der Waals surface area contributed by atoms with Gasteiger partial charge in [0.25, 0.3) is 0 Å². The van der Waals surface area contributed by atoms with E-state index in [2.05, 4.69) is 204 Å². The Bertz CT molecular complexity index is 5080. The van der Waals surface area contributed by atoms with Crippen LogP contribution in [0.25, 0.3) is 142 Å². The number of thiophene rings is 2. The van der Waals surface area contributed by atoms with Crippen LogP contribution in [0.5, 0.6) is 0 Å². The van der Waals surface area contributed by atoms with Gasteiger partial charge in [0.1, 0.15) is 0 Å². The molecule has 0 aliphatic carbocycles. The Morgan fingerprint density at radius 3 is 1.07 bits per heavy atom. The van der Waals surface area contributed by atoms with Gasteiger partial charge in [0.2, 0.25) is 0 Å². The molecule has 10 heteroatoms. The van der Waals surface area contributed by atoms with Gasteiger partial charge >= 0.3 is 7.12 Å². The second-order valence-electron chi connectivity index (χ2n) is 21.6. The molecule has 0 unspecified atom stereocenters. The third kappa shape index (κ3) is 12.4. The second-order valence-corrected chi connectivity index (χ2v) is 24.6. The number of halogens is 1. The van der Waals surface area contributed by atoms with Crippen LogP contribution >= 0.6 is 38.6 Å². The van der Waals surface area contributed by atoms with Crippen molar-refractivity contribution in [2.75, 3.05) is 0 Å². The first kappa shape index (κ1) is 57.4. The molecule has 6 nitrogen and oxygen atoms in total. The molecule has 0 saturated heterocycles. The molecule has 4 heterocycles. The maximum Gasteiger partial charge on any atom is 0.488 e. The lowest BCUT2D eigenvalue weighted by Crippen LogP contribution is -2.29. The number of benzene rings is 12. The zero-order valence-corrected chi connectivity index (χ0v) is 51.7. The van der Waals surface area contributed by atoms with E-state index in [-0.39, 0.29) is 0 Å². The zero-order valence-electron chi connectivity index (χ0n) is 48.5. The summed E-state index contributed by atoms with van der Waals surface area (Å²) < 4.78 is 6.18. The molecule has 0 spiro atoms. The van der Waals surface area contributed by atoms with Crippen molar-refractivity contribution in [1.82, 2.24) is 19.9 Å². The summed E-state index contributed by atoms with van der Waals surface area (Å²) in [6.45, 7) is 0. The lowest BCUT2D eigenvalue weighted by atomic mass is 9.79. The van der Waals surface area contributed by atoms with E-state index in [9.17, 15) is 10.0 Å². The predicted molar refractivity (Wildman–Crippen MR) is 383 cm³/mol. The minimum Gasteiger partial charge on any atom is -0.423 e. The summed E-state index contributed by atoms with van der Waals surface area (Å²) in [7, 11) is -1.44. The van der Waals surface area contributed by atoms with Crippen molar-refractivity contribution >= 4 is 91.5 Å². The first-order valence-corrected chi connectivity index (χ1v) is 32.0. The topological polar surface area (TPSA) is 92.0 Å². The molecule has 0 aliphatic heterocycles.